The summed E-state index contributed by atoms with van der Waals surface area (Å²) >= 11 is 1.67. The molecule has 0 unspecified atom stereocenters. The Hall–Kier alpha value is -1.95. The molecule has 0 aliphatic heterocycles. The van der Waals surface area contributed by atoms with Crippen LogP contribution in [0.3, 0.4) is 0 Å². The maximum absolute atomic E-state index is 13.6. The number of hydrogen-bond donors (Lipinski definition) is 1. The van der Waals surface area contributed by atoms with Crippen molar-refractivity contribution in [2.75, 3.05) is 5.32 Å². The van der Waals surface area contributed by atoms with Gasteiger partial charge < -0.3 is 5.32 Å². The van der Waals surface area contributed by atoms with Gasteiger partial charge in [0, 0.05) is 22.4 Å². The average Bonchev–Trinajstić information content (AvgIpc) is 2.85. The van der Waals surface area contributed by atoms with Crippen LogP contribution in [0.1, 0.15) is 16.7 Å². The third-order valence-corrected chi connectivity index (χ3v) is 3.91. The summed E-state index contributed by atoms with van der Waals surface area (Å²) in [6, 6.07) is 7.65. The number of aryl methyl sites for hydroxylation is 1. The van der Waals surface area contributed by atoms with Crippen LogP contribution in [0.25, 0.3) is 0 Å². The fourth-order valence-corrected chi connectivity index (χ4v) is 2.55. The van der Waals surface area contributed by atoms with E-state index in [4.69, 9.17) is 0 Å². The third kappa shape index (κ3) is 3.29. The molecule has 0 saturated heterocycles. The fourth-order valence-electron chi connectivity index (χ4n) is 1.65. The molecular formula is C13H13FN2O2S. The summed E-state index contributed by atoms with van der Waals surface area (Å²) in [5.74, 6) is -0.610. The first kappa shape index (κ1) is 13.5. The van der Waals surface area contributed by atoms with Crippen molar-refractivity contribution in [1.82, 2.24) is 0 Å². The zero-order valence-corrected chi connectivity index (χ0v) is 11.2. The molecule has 1 aromatic heterocycles. The van der Waals surface area contributed by atoms with Gasteiger partial charge in [0.15, 0.2) is 5.82 Å². The van der Waals surface area contributed by atoms with Crippen molar-refractivity contribution in [3.63, 3.8) is 0 Å². The van der Waals surface area contributed by atoms with Gasteiger partial charge in [0.2, 0.25) is 0 Å². The van der Waals surface area contributed by atoms with Gasteiger partial charge in [-0.2, -0.15) is 0 Å². The normalized spacial score (nSPS) is 10.4. The maximum Gasteiger partial charge on any atom is 0.272 e. The standard InChI is InChI=1S/C13H13FN2O2S/c1-2-10-4-5-11(19-10)8-15-13-6-3-9(16(17)18)7-12(13)14/h3-7,15H,2,8H2,1H3. The number of nitrogens with one attached hydrogen (secondary N) is 1. The second-order valence-electron chi connectivity index (χ2n) is 4.00. The van der Waals surface area contributed by atoms with Crippen LogP contribution in [0.15, 0.2) is 30.3 Å². The molecule has 2 rings (SSSR count). The Balaban J connectivity index is 2.05. The van der Waals surface area contributed by atoms with Gasteiger partial charge in [-0.15, -0.1) is 11.3 Å². The van der Waals surface area contributed by atoms with Crippen molar-refractivity contribution < 1.29 is 9.31 Å². The Morgan fingerprint density at radius 2 is 2.05 bits per heavy atom. The summed E-state index contributed by atoms with van der Waals surface area (Å²) in [5.41, 5.74) is 0.0319. The quantitative estimate of drug-likeness (QED) is 0.666. The smallest absolute Gasteiger partial charge is 0.272 e. The van der Waals surface area contributed by atoms with E-state index in [1.165, 1.54) is 17.0 Å². The lowest BCUT2D eigenvalue weighted by atomic mass is 10.2. The topological polar surface area (TPSA) is 55.2 Å². The van der Waals surface area contributed by atoms with E-state index in [1.54, 1.807) is 11.3 Å². The summed E-state index contributed by atoms with van der Waals surface area (Å²) in [6.45, 7) is 2.60. The summed E-state index contributed by atoms with van der Waals surface area (Å²) in [4.78, 5) is 12.3. The zero-order chi connectivity index (χ0) is 13.8. The van der Waals surface area contributed by atoms with Crippen LogP contribution < -0.4 is 5.32 Å². The third-order valence-electron chi connectivity index (χ3n) is 2.68. The van der Waals surface area contributed by atoms with E-state index in [0.29, 0.717) is 6.54 Å². The Bertz CT molecular complexity index is 598. The number of non-ortho nitro benzene ring substituents is 1. The minimum atomic E-state index is -0.611. The number of hydrogen-bond acceptors (Lipinski definition) is 4. The molecule has 0 saturated carbocycles. The highest BCUT2D eigenvalue weighted by Crippen LogP contribution is 2.22. The van der Waals surface area contributed by atoms with Gasteiger partial charge in [-0.3, -0.25) is 10.1 Å². The predicted molar refractivity (Wildman–Crippen MR) is 74.1 cm³/mol. The summed E-state index contributed by atoms with van der Waals surface area (Å²) < 4.78 is 13.6. The van der Waals surface area contributed by atoms with Gasteiger partial charge in [-0.1, -0.05) is 6.92 Å². The SMILES string of the molecule is CCc1ccc(CNc2ccc([N+](=O)[O-])cc2F)s1. The van der Waals surface area contributed by atoms with E-state index in [9.17, 15) is 14.5 Å². The van der Waals surface area contributed by atoms with E-state index in [1.807, 2.05) is 12.1 Å². The van der Waals surface area contributed by atoms with Crippen molar-refractivity contribution in [2.24, 2.45) is 0 Å². The highest BCUT2D eigenvalue weighted by atomic mass is 32.1. The molecule has 1 N–H and O–H groups in total. The first-order valence-electron chi connectivity index (χ1n) is 5.85. The minimum absolute atomic E-state index is 0.243. The first-order valence-corrected chi connectivity index (χ1v) is 6.67. The highest BCUT2D eigenvalue weighted by molar-refractivity contribution is 7.12. The Labute approximate surface area is 114 Å². The second-order valence-corrected chi connectivity index (χ2v) is 5.25. The van der Waals surface area contributed by atoms with Gasteiger partial charge in [0.05, 0.1) is 16.7 Å². The molecule has 2 aromatic rings. The number of anilines is 1. The van der Waals surface area contributed by atoms with E-state index in [-0.39, 0.29) is 11.4 Å². The molecule has 100 valence electrons. The Morgan fingerprint density at radius 3 is 2.63 bits per heavy atom. The summed E-state index contributed by atoms with van der Waals surface area (Å²) in [7, 11) is 0. The molecule has 0 radical (unpaired) electrons. The van der Waals surface area contributed by atoms with E-state index in [2.05, 4.69) is 12.2 Å². The van der Waals surface area contributed by atoms with Crippen molar-refractivity contribution >= 4 is 22.7 Å². The number of rotatable bonds is 5. The van der Waals surface area contributed by atoms with Crippen molar-refractivity contribution in [3.05, 3.63) is 56.0 Å². The minimum Gasteiger partial charge on any atom is -0.378 e. The van der Waals surface area contributed by atoms with Crippen molar-refractivity contribution in [2.45, 2.75) is 19.9 Å². The summed E-state index contributed by atoms with van der Waals surface area (Å²) in [6.07, 6.45) is 0.983. The monoisotopic (exact) mass is 280 g/mol. The van der Waals surface area contributed by atoms with Crippen LogP contribution >= 0.6 is 11.3 Å². The Morgan fingerprint density at radius 1 is 1.32 bits per heavy atom. The van der Waals surface area contributed by atoms with E-state index >= 15 is 0 Å². The number of nitrogens with zero attached hydrogens (tertiary/aromatic N) is 1. The molecular weight excluding hydrogens is 267 g/mol. The molecule has 0 atom stereocenters. The number of thiophene rings is 1. The van der Waals surface area contributed by atoms with Gasteiger partial charge in [-0.25, -0.2) is 4.39 Å². The molecule has 0 aliphatic carbocycles. The molecule has 0 spiro atoms. The number of nitro benzene ring substituents is 1. The van der Waals surface area contributed by atoms with Gasteiger partial charge in [-0.05, 0) is 24.6 Å². The lowest BCUT2D eigenvalue weighted by molar-refractivity contribution is -0.385. The summed E-state index contributed by atoms with van der Waals surface area (Å²) in [5, 5.41) is 13.4. The number of halogens is 1. The van der Waals surface area contributed by atoms with Crippen LogP contribution in [0.5, 0.6) is 0 Å². The molecule has 0 amide bonds. The van der Waals surface area contributed by atoms with E-state index in [0.717, 1.165) is 17.4 Å². The maximum atomic E-state index is 13.6. The number of benzene rings is 1. The largest absolute Gasteiger partial charge is 0.378 e. The van der Waals surface area contributed by atoms with Gasteiger partial charge >= 0.3 is 0 Å². The van der Waals surface area contributed by atoms with Crippen LogP contribution in [0, 0.1) is 15.9 Å². The van der Waals surface area contributed by atoms with Gasteiger partial charge in [0.1, 0.15) is 0 Å². The molecule has 0 bridgehead atoms. The molecule has 1 heterocycles. The molecule has 19 heavy (non-hydrogen) atoms. The van der Waals surface area contributed by atoms with Crippen LogP contribution in [-0.2, 0) is 13.0 Å². The molecule has 6 heteroatoms. The van der Waals surface area contributed by atoms with Crippen LogP contribution in [0.4, 0.5) is 15.8 Å². The van der Waals surface area contributed by atoms with Crippen molar-refractivity contribution in [1.29, 1.82) is 0 Å². The second kappa shape index (κ2) is 5.79. The number of nitro groups is 1. The van der Waals surface area contributed by atoms with Crippen LogP contribution in [0.2, 0.25) is 0 Å². The highest BCUT2D eigenvalue weighted by Gasteiger charge is 2.10. The van der Waals surface area contributed by atoms with Crippen LogP contribution in [-0.4, -0.2) is 4.92 Å². The predicted octanol–water partition coefficient (Wildman–Crippen LogP) is 3.97. The Kier molecular flexibility index (Phi) is 4.11. The first-order chi connectivity index (χ1) is 9.10. The molecule has 1 aromatic carbocycles. The molecule has 4 nitrogen and oxygen atoms in total. The average molecular weight is 280 g/mol. The zero-order valence-electron chi connectivity index (χ0n) is 10.4. The fraction of sp³-hybridized carbons (Fsp3) is 0.231. The lowest BCUT2D eigenvalue weighted by Crippen LogP contribution is -2.00. The van der Waals surface area contributed by atoms with Crippen molar-refractivity contribution in [3.8, 4) is 0 Å². The lowest BCUT2D eigenvalue weighted by Gasteiger charge is -2.05. The van der Waals surface area contributed by atoms with E-state index < -0.39 is 10.7 Å². The molecule has 0 fully saturated rings. The van der Waals surface area contributed by atoms with Gasteiger partial charge in [0.25, 0.3) is 5.69 Å². The molecule has 0 aliphatic rings.